The van der Waals surface area contributed by atoms with E-state index in [1.807, 2.05) is 27.7 Å². The third kappa shape index (κ3) is 3.83. The Labute approximate surface area is 111 Å². The summed E-state index contributed by atoms with van der Waals surface area (Å²) >= 11 is 3.20. The van der Waals surface area contributed by atoms with Gasteiger partial charge in [-0.2, -0.15) is 0 Å². The Kier molecular flexibility index (Phi) is 4.44. The predicted octanol–water partition coefficient (Wildman–Crippen LogP) is 3.37. The summed E-state index contributed by atoms with van der Waals surface area (Å²) < 4.78 is 19.5. The van der Waals surface area contributed by atoms with Gasteiger partial charge in [-0.1, -0.05) is 22.9 Å². The van der Waals surface area contributed by atoms with Gasteiger partial charge in [-0.3, -0.25) is 0 Å². The Morgan fingerprint density at radius 3 is 2.59 bits per heavy atom. The highest BCUT2D eigenvalue weighted by Crippen LogP contribution is 2.33. The highest BCUT2D eigenvalue weighted by atomic mass is 79.9. The van der Waals surface area contributed by atoms with E-state index in [4.69, 9.17) is 4.74 Å². The van der Waals surface area contributed by atoms with Crippen LogP contribution in [0.25, 0.3) is 0 Å². The molecule has 17 heavy (non-hydrogen) atoms. The molecule has 0 saturated carbocycles. The van der Waals surface area contributed by atoms with Crippen LogP contribution in [-0.4, -0.2) is 40.7 Å². The number of carbonyl (C=O) groups is 1. The standard InChI is InChI=1S/C12H21BrFNO2/c1-9-7-15(6-5-12(9,14)8-13)10(16)17-11(2,3)4/h9H,5-8H2,1-4H3. The summed E-state index contributed by atoms with van der Waals surface area (Å²) in [5, 5.41) is 0.323. The molecule has 5 heteroatoms. The van der Waals surface area contributed by atoms with E-state index >= 15 is 0 Å². The lowest BCUT2D eigenvalue weighted by atomic mass is 9.86. The van der Waals surface area contributed by atoms with Gasteiger partial charge in [0.05, 0.1) is 0 Å². The molecule has 0 radical (unpaired) electrons. The summed E-state index contributed by atoms with van der Waals surface area (Å²) in [7, 11) is 0. The summed E-state index contributed by atoms with van der Waals surface area (Å²) in [5.74, 6) is -0.178. The van der Waals surface area contributed by atoms with E-state index in [2.05, 4.69) is 15.9 Å². The van der Waals surface area contributed by atoms with Crippen molar-refractivity contribution in [2.24, 2.45) is 5.92 Å². The van der Waals surface area contributed by atoms with E-state index in [9.17, 15) is 9.18 Å². The molecular weight excluding hydrogens is 289 g/mol. The lowest BCUT2D eigenvalue weighted by molar-refractivity contribution is -0.0104. The molecule has 100 valence electrons. The van der Waals surface area contributed by atoms with Crippen LogP contribution in [-0.2, 0) is 4.74 Å². The van der Waals surface area contributed by atoms with E-state index in [0.717, 1.165) is 0 Å². The van der Waals surface area contributed by atoms with Crippen LogP contribution >= 0.6 is 15.9 Å². The van der Waals surface area contributed by atoms with Crippen LogP contribution in [0.1, 0.15) is 34.1 Å². The number of amides is 1. The van der Waals surface area contributed by atoms with Crippen LogP contribution in [0.15, 0.2) is 0 Å². The van der Waals surface area contributed by atoms with Crippen LogP contribution in [0.5, 0.6) is 0 Å². The smallest absolute Gasteiger partial charge is 0.410 e. The number of hydrogen-bond donors (Lipinski definition) is 0. The molecule has 3 nitrogen and oxygen atoms in total. The first-order valence-corrected chi connectivity index (χ1v) is 7.03. The Hall–Kier alpha value is -0.320. The lowest BCUT2D eigenvalue weighted by Gasteiger charge is -2.40. The van der Waals surface area contributed by atoms with Crippen molar-refractivity contribution in [1.82, 2.24) is 4.90 Å². The van der Waals surface area contributed by atoms with Gasteiger partial charge in [-0.05, 0) is 20.8 Å². The van der Waals surface area contributed by atoms with Crippen LogP contribution in [0, 0.1) is 5.92 Å². The molecule has 0 aromatic carbocycles. The Balaban J connectivity index is 2.58. The van der Waals surface area contributed by atoms with Crippen molar-refractivity contribution in [3.8, 4) is 0 Å². The first-order valence-electron chi connectivity index (χ1n) is 5.91. The minimum absolute atomic E-state index is 0.178. The SMILES string of the molecule is CC1CN(C(=O)OC(C)(C)C)CCC1(F)CBr. The molecule has 1 fully saturated rings. The van der Waals surface area contributed by atoms with Gasteiger partial charge in [0.1, 0.15) is 11.3 Å². The summed E-state index contributed by atoms with van der Waals surface area (Å²) in [6.07, 6.45) is 0.0135. The molecular formula is C12H21BrFNO2. The third-order valence-electron chi connectivity index (χ3n) is 3.05. The first-order chi connectivity index (χ1) is 7.68. The predicted molar refractivity (Wildman–Crippen MR) is 69.2 cm³/mol. The molecule has 0 N–H and O–H groups in total. The van der Waals surface area contributed by atoms with Gasteiger partial charge in [-0.15, -0.1) is 0 Å². The minimum Gasteiger partial charge on any atom is -0.444 e. The number of likely N-dealkylation sites (tertiary alicyclic amines) is 1. The minimum atomic E-state index is -1.21. The van der Waals surface area contributed by atoms with Crippen molar-refractivity contribution in [2.75, 3.05) is 18.4 Å². The summed E-state index contributed by atoms with van der Waals surface area (Å²) in [6.45, 7) is 8.15. The number of alkyl halides is 2. The maximum Gasteiger partial charge on any atom is 0.410 e. The van der Waals surface area contributed by atoms with E-state index in [1.165, 1.54) is 0 Å². The van der Waals surface area contributed by atoms with E-state index in [1.54, 1.807) is 4.90 Å². The second-order valence-corrected chi connectivity index (χ2v) is 6.31. The molecule has 0 aromatic heterocycles. The average molecular weight is 310 g/mol. The fraction of sp³-hybridized carbons (Fsp3) is 0.917. The number of carbonyl (C=O) groups excluding carboxylic acids is 1. The largest absolute Gasteiger partial charge is 0.444 e. The van der Waals surface area contributed by atoms with Crippen molar-refractivity contribution in [1.29, 1.82) is 0 Å². The van der Waals surface area contributed by atoms with Gasteiger partial charge < -0.3 is 9.64 Å². The number of ether oxygens (including phenoxy) is 1. The quantitative estimate of drug-likeness (QED) is 0.695. The first kappa shape index (κ1) is 14.7. The van der Waals surface area contributed by atoms with Crippen LogP contribution < -0.4 is 0 Å². The van der Waals surface area contributed by atoms with E-state index < -0.39 is 11.3 Å². The van der Waals surface area contributed by atoms with Gasteiger partial charge >= 0.3 is 6.09 Å². The zero-order valence-electron chi connectivity index (χ0n) is 10.9. The molecule has 1 saturated heterocycles. The number of nitrogens with zero attached hydrogens (tertiary/aromatic N) is 1. The van der Waals surface area contributed by atoms with Crippen LogP contribution in [0.2, 0.25) is 0 Å². The summed E-state index contributed by atoms with van der Waals surface area (Å²) in [5.41, 5.74) is -1.71. The molecule has 1 amide bonds. The van der Waals surface area contributed by atoms with Gasteiger partial charge in [-0.25, -0.2) is 9.18 Å². The summed E-state index contributed by atoms with van der Waals surface area (Å²) in [6, 6.07) is 0. The second kappa shape index (κ2) is 5.12. The highest BCUT2D eigenvalue weighted by molar-refractivity contribution is 9.09. The maximum absolute atomic E-state index is 14.2. The molecule has 1 heterocycles. The normalized spacial score (nSPS) is 30.2. The van der Waals surface area contributed by atoms with Crippen molar-refractivity contribution in [3.05, 3.63) is 0 Å². The lowest BCUT2D eigenvalue weighted by Crippen LogP contribution is -2.52. The molecule has 0 spiro atoms. The Morgan fingerprint density at radius 2 is 2.18 bits per heavy atom. The van der Waals surface area contributed by atoms with Crippen molar-refractivity contribution in [3.63, 3.8) is 0 Å². The molecule has 2 atom stereocenters. The fourth-order valence-corrected chi connectivity index (χ4v) is 2.68. The maximum atomic E-state index is 14.2. The monoisotopic (exact) mass is 309 g/mol. The zero-order chi connectivity index (χ0) is 13.3. The Morgan fingerprint density at radius 1 is 1.59 bits per heavy atom. The van der Waals surface area contributed by atoms with Crippen molar-refractivity contribution >= 4 is 22.0 Å². The molecule has 0 aliphatic carbocycles. The molecule has 1 rings (SSSR count). The average Bonchev–Trinajstić information content (AvgIpc) is 2.19. The van der Waals surface area contributed by atoms with E-state index in [-0.39, 0.29) is 12.0 Å². The molecule has 1 aliphatic heterocycles. The van der Waals surface area contributed by atoms with Gasteiger partial charge in [0, 0.05) is 30.8 Å². The molecule has 0 bridgehead atoms. The topological polar surface area (TPSA) is 29.5 Å². The number of rotatable bonds is 1. The fourth-order valence-electron chi connectivity index (χ4n) is 1.84. The number of halogens is 2. The summed E-state index contributed by atoms with van der Waals surface area (Å²) in [4.78, 5) is 13.4. The molecule has 2 unspecified atom stereocenters. The Bertz CT molecular complexity index is 293. The number of hydrogen-bond acceptors (Lipinski definition) is 2. The van der Waals surface area contributed by atoms with Crippen LogP contribution in [0.3, 0.4) is 0 Å². The van der Waals surface area contributed by atoms with Gasteiger partial charge in [0.2, 0.25) is 0 Å². The second-order valence-electron chi connectivity index (χ2n) is 5.75. The third-order valence-corrected chi connectivity index (χ3v) is 3.98. The highest BCUT2D eigenvalue weighted by Gasteiger charge is 2.42. The van der Waals surface area contributed by atoms with Crippen molar-refractivity contribution in [2.45, 2.75) is 45.4 Å². The van der Waals surface area contributed by atoms with Crippen molar-refractivity contribution < 1.29 is 13.9 Å². The van der Waals surface area contributed by atoms with Crippen LogP contribution in [0.4, 0.5) is 9.18 Å². The zero-order valence-corrected chi connectivity index (χ0v) is 12.5. The molecule has 0 aromatic rings. The van der Waals surface area contributed by atoms with Gasteiger partial charge in [0.15, 0.2) is 0 Å². The van der Waals surface area contributed by atoms with E-state index in [0.29, 0.717) is 24.8 Å². The number of piperidine rings is 1. The molecule has 1 aliphatic rings. The van der Waals surface area contributed by atoms with Gasteiger partial charge in [0.25, 0.3) is 0 Å².